The minimum Gasteiger partial charge on any atom is -0.386 e. The fourth-order valence-corrected chi connectivity index (χ4v) is 3.13. The maximum atomic E-state index is 12.2. The fraction of sp³-hybridized carbons (Fsp3) is 0.667. The third-order valence-electron chi connectivity index (χ3n) is 3.60. The first-order valence-electron chi connectivity index (χ1n) is 7.11. The van der Waals surface area contributed by atoms with E-state index in [4.69, 9.17) is 0 Å². The van der Waals surface area contributed by atoms with Gasteiger partial charge in [0.2, 0.25) is 5.91 Å². The van der Waals surface area contributed by atoms with Crippen molar-refractivity contribution >= 4 is 17.2 Å². The van der Waals surface area contributed by atoms with Gasteiger partial charge < -0.3 is 10.0 Å². The molecule has 0 unspecified atom stereocenters. The Kier molecular flexibility index (Phi) is 4.83. The molecule has 1 fully saturated rings. The summed E-state index contributed by atoms with van der Waals surface area (Å²) >= 11 is 1.59. The summed E-state index contributed by atoms with van der Waals surface area (Å²) in [5.74, 6) is 0.218. The molecular formula is C15H24N2O2S. The first-order valence-corrected chi connectivity index (χ1v) is 7.99. The normalized spacial score (nSPS) is 19.1. The maximum Gasteiger partial charge on any atom is 0.228 e. The molecule has 0 bridgehead atoms. The van der Waals surface area contributed by atoms with E-state index in [2.05, 4.69) is 4.90 Å². The number of rotatable bonds is 3. The molecule has 4 nitrogen and oxygen atoms in total. The number of carbonyl (C=O) groups is 1. The highest BCUT2D eigenvalue weighted by molar-refractivity contribution is 7.10. The molecule has 0 radical (unpaired) electrons. The van der Waals surface area contributed by atoms with Gasteiger partial charge in [0.25, 0.3) is 0 Å². The number of thiophene rings is 1. The van der Waals surface area contributed by atoms with Crippen molar-refractivity contribution in [3.63, 3.8) is 0 Å². The molecule has 1 atom stereocenters. The molecule has 2 heterocycles. The van der Waals surface area contributed by atoms with Crippen LogP contribution in [0, 0.1) is 5.41 Å². The lowest BCUT2D eigenvalue weighted by atomic mass is 9.94. The molecule has 1 aromatic rings. The second kappa shape index (κ2) is 6.24. The third kappa shape index (κ3) is 3.81. The summed E-state index contributed by atoms with van der Waals surface area (Å²) in [4.78, 5) is 17.4. The van der Waals surface area contributed by atoms with Gasteiger partial charge in [-0.15, -0.1) is 11.3 Å². The molecule has 2 rings (SSSR count). The van der Waals surface area contributed by atoms with Gasteiger partial charge in [0.15, 0.2) is 0 Å². The summed E-state index contributed by atoms with van der Waals surface area (Å²) in [5.41, 5.74) is -0.307. The second-order valence-electron chi connectivity index (χ2n) is 6.37. The summed E-state index contributed by atoms with van der Waals surface area (Å²) < 4.78 is 0. The topological polar surface area (TPSA) is 43.8 Å². The van der Waals surface area contributed by atoms with Crippen molar-refractivity contribution < 1.29 is 9.90 Å². The number of piperazine rings is 1. The van der Waals surface area contributed by atoms with Crippen LogP contribution in [0.5, 0.6) is 0 Å². The second-order valence-corrected chi connectivity index (χ2v) is 7.35. The lowest BCUT2D eigenvalue weighted by Gasteiger charge is -2.38. The Balaban J connectivity index is 1.81. The summed E-state index contributed by atoms with van der Waals surface area (Å²) in [5, 5.41) is 12.1. The maximum absolute atomic E-state index is 12.2. The van der Waals surface area contributed by atoms with Crippen LogP contribution in [0.3, 0.4) is 0 Å². The zero-order valence-corrected chi connectivity index (χ0v) is 13.3. The molecule has 0 aliphatic carbocycles. The van der Waals surface area contributed by atoms with Crippen molar-refractivity contribution in [1.29, 1.82) is 0 Å². The Morgan fingerprint density at radius 2 is 2.00 bits per heavy atom. The van der Waals surface area contributed by atoms with E-state index in [1.165, 1.54) is 0 Å². The molecule has 1 aromatic heterocycles. The Morgan fingerprint density at radius 1 is 1.35 bits per heavy atom. The van der Waals surface area contributed by atoms with Crippen LogP contribution in [-0.4, -0.2) is 53.5 Å². The van der Waals surface area contributed by atoms with Gasteiger partial charge in [-0.25, -0.2) is 0 Å². The molecule has 5 heteroatoms. The molecule has 1 amide bonds. The van der Waals surface area contributed by atoms with Crippen LogP contribution in [0.2, 0.25) is 0 Å². The highest BCUT2D eigenvalue weighted by atomic mass is 32.1. The predicted octanol–water partition coefficient (Wildman–Crippen LogP) is 1.97. The van der Waals surface area contributed by atoms with Crippen LogP contribution in [0.25, 0.3) is 0 Å². The Hall–Kier alpha value is -0.910. The molecule has 1 aliphatic rings. The van der Waals surface area contributed by atoms with Gasteiger partial charge in [-0.05, 0) is 11.4 Å². The van der Waals surface area contributed by atoms with Crippen LogP contribution in [-0.2, 0) is 4.79 Å². The number of hydrogen-bond donors (Lipinski definition) is 1. The van der Waals surface area contributed by atoms with Crippen LogP contribution < -0.4 is 0 Å². The van der Waals surface area contributed by atoms with E-state index in [0.717, 1.165) is 31.1 Å². The average molecular weight is 296 g/mol. The Labute approximate surface area is 125 Å². The largest absolute Gasteiger partial charge is 0.386 e. The van der Waals surface area contributed by atoms with Gasteiger partial charge in [0, 0.05) is 43.0 Å². The van der Waals surface area contributed by atoms with Crippen LogP contribution in [0.4, 0.5) is 0 Å². The zero-order valence-electron chi connectivity index (χ0n) is 12.5. The SMILES string of the molecule is CC(C)(C)C(=O)N1CCN(C[C@@H](O)c2cccs2)CC1. The molecule has 0 spiro atoms. The molecular weight excluding hydrogens is 272 g/mol. The minimum absolute atomic E-state index is 0.218. The van der Waals surface area contributed by atoms with E-state index >= 15 is 0 Å². The van der Waals surface area contributed by atoms with E-state index < -0.39 is 6.10 Å². The zero-order chi connectivity index (χ0) is 14.8. The van der Waals surface area contributed by atoms with Gasteiger partial charge in [-0.2, -0.15) is 0 Å². The van der Waals surface area contributed by atoms with Crippen molar-refractivity contribution in [3.8, 4) is 0 Å². The molecule has 112 valence electrons. The van der Waals surface area contributed by atoms with Crippen LogP contribution in [0.1, 0.15) is 31.8 Å². The number of carbonyl (C=O) groups excluding carboxylic acids is 1. The molecule has 1 saturated heterocycles. The molecule has 0 saturated carbocycles. The van der Waals surface area contributed by atoms with Crippen molar-refractivity contribution in [2.75, 3.05) is 32.7 Å². The van der Waals surface area contributed by atoms with Crippen molar-refractivity contribution in [2.24, 2.45) is 5.41 Å². The smallest absolute Gasteiger partial charge is 0.228 e. The van der Waals surface area contributed by atoms with Crippen LogP contribution in [0.15, 0.2) is 17.5 Å². The van der Waals surface area contributed by atoms with Crippen LogP contribution >= 0.6 is 11.3 Å². The van der Waals surface area contributed by atoms with Crippen molar-refractivity contribution in [2.45, 2.75) is 26.9 Å². The lowest BCUT2D eigenvalue weighted by Crippen LogP contribution is -2.52. The quantitative estimate of drug-likeness (QED) is 0.927. The first kappa shape index (κ1) is 15.5. The van der Waals surface area contributed by atoms with E-state index in [-0.39, 0.29) is 11.3 Å². The van der Waals surface area contributed by atoms with Gasteiger partial charge in [0.05, 0.1) is 0 Å². The summed E-state index contributed by atoms with van der Waals surface area (Å²) in [6, 6.07) is 3.93. The molecule has 1 N–H and O–H groups in total. The van der Waals surface area contributed by atoms with Crippen molar-refractivity contribution in [3.05, 3.63) is 22.4 Å². The molecule has 0 aromatic carbocycles. The number of aliphatic hydroxyl groups is 1. The number of amides is 1. The number of nitrogens with zero attached hydrogens (tertiary/aromatic N) is 2. The van der Waals surface area contributed by atoms with E-state index in [0.29, 0.717) is 6.54 Å². The fourth-order valence-electron chi connectivity index (χ4n) is 2.42. The summed E-state index contributed by atoms with van der Waals surface area (Å²) in [7, 11) is 0. The van der Waals surface area contributed by atoms with Gasteiger partial charge in [-0.3, -0.25) is 9.69 Å². The predicted molar refractivity (Wildman–Crippen MR) is 81.8 cm³/mol. The van der Waals surface area contributed by atoms with Crippen molar-refractivity contribution in [1.82, 2.24) is 9.80 Å². The van der Waals surface area contributed by atoms with Gasteiger partial charge in [-0.1, -0.05) is 26.8 Å². The average Bonchev–Trinajstić information content (AvgIpc) is 2.91. The molecule has 20 heavy (non-hydrogen) atoms. The van der Waals surface area contributed by atoms with Gasteiger partial charge in [0.1, 0.15) is 6.10 Å². The number of hydrogen-bond acceptors (Lipinski definition) is 4. The standard InChI is InChI=1S/C15H24N2O2S/c1-15(2,3)14(19)17-8-6-16(7-9-17)11-12(18)13-5-4-10-20-13/h4-5,10,12,18H,6-9,11H2,1-3H3/t12-/m1/s1. The lowest BCUT2D eigenvalue weighted by molar-refractivity contribution is -0.141. The number of aliphatic hydroxyl groups excluding tert-OH is 1. The minimum atomic E-state index is -0.417. The summed E-state index contributed by atoms with van der Waals surface area (Å²) in [6.07, 6.45) is -0.417. The first-order chi connectivity index (χ1) is 9.38. The number of β-amino-alcohol motifs (C(OH)–C–C–N with tert-alkyl or cyclic N) is 1. The highest BCUT2D eigenvalue weighted by Crippen LogP contribution is 2.22. The monoisotopic (exact) mass is 296 g/mol. The Morgan fingerprint density at radius 3 is 2.50 bits per heavy atom. The van der Waals surface area contributed by atoms with E-state index in [9.17, 15) is 9.90 Å². The van der Waals surface area contributed by atoms with E-state index in [1.54, 1.807) is 11.3 Å². The highest BCUT2D eigenvalue weighted by Gasteiger charge is 2.30. The molecule has 1 aliphatic heterocycles. The third-order valence-corrected chi connectivity index (χ3v) is 4.58. The Bertz CT molecular complexity index is 431. The van der Waals surface area contributed by atoms with E-state index in [1.807, 2.05) is 43.2 Å². The van der Waals surface area contributed by atoms with Gasteiger partial charge >= 0.3 is 0 Å². The summed E-state index contributed by atoms with van der Waals surface area (Å²) in [6.45, 7) is 9.72.